The summed E-state index contributed by atoms with van der Waals surface area (Å²) in [5.74, 6) is 0.760. The highest BCUT2D eigenvalue weighted by Gasteiger charge is 2.22. The summed E-state index contributed by atoms with van der Waals surface area (Å²) in [5, 5.41) is 15.6. The fourth-order valence-electron chi connectivity index (χ4n) is 2.44. The van der Waals surface area contributed by atoms with Crippen LogP contribution in [0.1, 0.15) is 43.8 Å². The predicted octanol–water partition coefficient (Wildman–Crippen LogP) is 2.01. The summed E-state index contributed by atoms with van der Waals surface area (Å²) in [7, 11) is 3.76. The first-order valence-electron chi connectivity index (χ1n) is 6.91. The number of tetrazole rings is 1. The van der Waals surface area contributed by atoms with E-state index in [2.05, 4.69) is 65.8 Å². The third kappa shape index (κ3) is 3.22. The highest BCUT2D eigenvalue weighted by molar-refractivity contribution is 5.35. The molecule has 1 N–H and O–H groups in total. The standard InChI is InChI=1S/C15H23N5/c1-15(2,3)12-9-7-6-8-11(12)13(16-4)10-14-17-19-20(5)18-14/h6-9,13,16H,10H2,1-5H3. The Kier molecular flexibility index (Phi) is 4.18. The molecule has 0 aliphatic rings. The van der Waals surface area contributed by atoms with Gasteiger partial charge in [0.15, 0.2) is 5.82 Å². The van der Waals surface area contributed by atoms with Gasteiger partial charge < -0.3 is 5.32 Å². The van der Waals surface area contributed by atoms with Crippen LogP contribution in [0.25, 0.3) is 0 Å². The largest absolute Gasteiger partial charge is 0.313 e. The fourth-order valence-corrected chi connectivity index (χ4v) is 2.44. The first-order valence-corrected chi connectivity index (χ1v) is 6.91. The van der Waals surface area contributed by atoms with Gasteiger partial charge in [-0.05, 0) is 28.8 Å². The summed E-state index contributed by atoms with van der Waals surface area (Å²) in [6.45, 7) is 6.71. The van der Waals surface area contributed by atoms with Gasteiger partial charge in [0.25, 0.3) is 0 Å². The van der Waals surface area contributed by atoms with Crippen molar-refractivity contribution < 1.29 is 0 Å². The zero-order chi connectivity index (χ0) is 14.8. The molecule has 1 unspecified atom stereocenters. The molecule has 1 heterocycles. The number of likely N-dealkylation sites (N-methyl/N-ethyl adjacent to an activating group) is 1. The van der Waals surface area contributed by atoms with Gasteiger partial charge in [0.2, 0.25) is 0 Å². The molecular formula is C15H23N5. The molecule has 20 heavy (non-hydrogen) atoms. The van der Waals surface area contributed by atoms with Crippen LogP contribution in [0.4, 0.5) is 0 Å². The van der Waals surface area contributed by atoms with E-state index >= 15 is 0 Å². The summed E-state index contributed by atoms with van der Waals surface area (Å²) in [6.07, 6.45) is 0.734. The zero-order valence-corrected chi connectivity index (χ0v) is 12.9. The number of rotatable bonds is 4. The van der Waals surface area contributed by atoms with Crippen LogP contribution in [0.2, 0.25) is 0 Å². The van der Waals surface area contributed by atoms with E-state index in [-0.39, 0.29) is 11.5 Å². The minimum Gasteiger partial charge on any atom is -0.313 e. The van der Waals surface area contributed by atoms with Crippen molar-refractivity contribution in [2.45, 2.75) is 38.6 Å². The number of nitrogens with one attached hydrogen (secondary N) is 1. The van der Waals surface area contributed by atoms with Crippen molar-refractivity contribution in [1.29, 1.82) is 0 Å². The molecular weight excluding hydrogens is 250 g/mol. The van der Waals surface area contributed by atoms with E-state index in [1.807, 2.05) is 7.05 Å². The van der Waals surface area contributed by atoms with E-state index in [1.165, 1.54) is 15.9 Å². The predicted molar refractivity (Wildman–Crippen MR) is 79.4 cm³/mol. The van der Waals surface area contributed by atoms with Gasteiger partial charge in [0.05, 0.1) is 7.05 Å². The van der Waals surface area contributed by atoms with Gasteiger partial charge in [-0.25, -0.2) is 0 Å². The minimum absolute atomic E-state index is 0.113. The van der Waals surface area contributed by atoms with Gasteiger partial charge in [-0.3, -0.25) is 0 Å². The van der Waals surface area contributed by atoms with Gasteiger partial charge in [-0.1, -0.05) is 45.0 Å². The third-order valence-corrected chi connectivity index (χ3v) is 3.43. The number of aromatic nitrogens is 4. The van der Waals surface area contributed by atoms with E-state index < -0.39 is 0 Å². The van der Waals surface area contributed by atoms with Gasteiger partial charge >= 0.3 is 0 Å². The molecule has 5 nitrogen and oxygen atoms in total. The molecule has 1 aromatic carbocycles. The zero-order valence-electron chi connectivity index (χ0n) is 12.9. The van der Waals surface area contributed by atoms with Gasteiger partial charge in [-0.2, -0.15) is 4.80 Å². The maximum atomic E-state index is 4.27. The fraction of sp³-hybridized carbons (Fsp3) is 0.533. The summed E-state index contributed by atoms with van der Waals surface area (Å²) in [6, 6.07) is 8.74. The topological polar surface area (TPSA) is 55.6 Å². The lowest BCUT2D eigenvalue weighted by molar-refractivity contribution is 0.530. The second-order valence-corrected chi connectivity index (χ2v) is 6.08. The Morgan fingerprint density at radius 2 is 1.95 bits per heavy atom. The Balaban J connectivity index is 2.32. The molecule has 0 spiro atoms. The van der Waals surface area contributed by atoms with E-state index in [0.29, 0.717) is 0 Å². The van der Waals surface area contributed by atoms with E-state index in [4.69, 9.17) is 0 Å². The van der Waals surface area contributed by atoms with Crippen LogP contribution in [0.3, 0.4) is 0 Å². The second kappa shape index (κ2) is 5.71. The maximum Gasteiger partial charge on any atom is 0.176 e. The highest BCUT2D eigenvalue weighted by Crippen LogP contribution is 2.30. The van der Waals surface area contributed by atoms with E-state index in [1.54, 1.807) is 7.05 Å². The lowest BCUT2D eigenvalue weighted by atomic mass is 9.81. The molecule has 0 saturated carbocycles. The van der Waals surface area contributed by atoms with Crippen molar-refractivity contribution in [2.75, 3.05) is 7.05 Å². The highest BCUT2D eigenvalue weighted by atomic mass is 15.6. The molecule has 0 bridgehead atoms. The first-order chi connectivity index (χ1) is 9.41. The Bertz CT molecular complexity index is 568. The van der Waals surface area contributed by atoms with Crippen LogP contribution in [-0.4, -0.2) is 27.3 Å². The molecule has 5 heteroatoms. The molecule has 0 saturated heterocycles. The molecule has 108 valence electrons. The van der Waals surface area contributed by atoms with Crippen molar-refractivity contribution in [2.24, 2.45) is 7.05 Å². The molecule has 0 aliphatic heterocycles. The van der Waals surface area contributed by atoms with Crippen molar-refractivity contribution in [3.05, 3.63) is 41.2 Å². The van der Waals surface area contributed by atoms with E-state index in [9.17, 15) is 0 Å². The third-order valence-electron chi connectivity index (χ3n) is 3.43. The van der Waals surface area contributed by atoms with Crippen molar-refractivity contribution in [3.63, 3.8) is 0 Å². The number of nitrogens with zero attached hydrogens (tertiary/aromatic N) is 4. The Labute approximate surface area is 120 Å². The summed E-state index contributed by atoms with van der Waals surface area (Å²) >= 11 is 0. The molecule has 1 atom stereocenters. The minimum atomic E-state index is 0.113. The van der Waals surface area contributed by atoms with Gasteiger partial charge in [0.1, 0.15) is 0 Å². The quantitative estimate of drug-likeness (QED) is 0.926. The average Bonchev–Trinajstić information content (AvgIpc) is 2.80. The Morgan fingerprint density at radius 3 is 2.50 bits per heavy atom. The molecule has 0 aliphatic carbocycles. The van der Waals surface area contributed by atoms with Crippen LogP contribution in [0.5, 0.6) is 0 Å². The van der Waals surface area contributed by atoms with Gasteiger partial charge in [-0.15, -0.1) is 10.2 Å². The summed E-state index contributed by atoms with van der Waals surface area (Å²) in [5.41, 5.74) is 2.76. The van der Waals surface area contributed by atoms with Crippen LogP contribution in [-0.2, 0) is 18.9 Å². The van der Waals surface area contributed by atoms with Crippen molar-refractivity contribution >= 4 is 0 Å². The Hall–Kier alpha value is -1.75. The number of aryl methyl sites for hydroxylation is 1. The number of hydrogen-bond donors (Lipinski definition) is 1. The van der Waals surface area contributed by atoms with Crippen LogP contribution >= 0.6 is 0 Å². The lowest BCUT2D eigenvalue weighted by Crippen LogP contribution is -2.24. The lowest BCUT2D eigenvalue weighted by Gasteiger charge is -2.27. The van der Waals surface area contributed by atoms with Crippen molar-refractivity contribution in [3.8, 4) is 0 Å². The molecule has 2 aromatic rings. The molecule has 0 fully saturated rings. The molecule has 2 rings (SSSR count). The number of benzene rings is 1. The Morgan fingerprint density at radius 1 is 1.25 bits per heavy atom. The van der Waals surface area contributed by atoms with E-state index in [0.717, 1.165) is 12.2 Å². The summed E-state index contributed by atoms with van der Waals surface area (Å²) in [4.78, 5) is 1.50. The smallest absolute Gasteiger partial charge is 0.176 e. The maximum absolute atomic E-state index is 4.27. The number of hydrogen-bond acceptors (Lipinski definition) is 4. The second-order valence-electron chi connectivity index (χ2n) is 6.08. The van der Waals surface area contributed by atoms with Crippen molar-refractivity contribution in [1.82, 2.24) is 25.5 Å². The summed E-state index contributed by atoms with van der Waals surface area (Å²) < 4.78 is 0. The average molecular weight is 273 g/mol. The van der Waals surface area contributed by atoms with Crippen LogP contribution < -0.4 is 5.32 Å². The van der Waals surface area contributed by atoms with Crippen LogP contribution in [0, 0.1) is 0 Å². The molecule has 0 radical (unpaired) electrons. The first kappa shape index (κ1) is 14.7. The normalized spacial score (nSPS) is 13.4. The van der Waals surface area contributed by atoms with Gasteiger partial charge in [0, 0.05) is 12.5 Å². The molecule has 0 amide bonds. The molecule has 1 aromatic heterocycles. The SMILES string of the molecule is CNC(Cc1nnn(C)n1)c1ccccc1C(C)(C)C. The van der Waals surface area contributed by atoms with Crippen LogP contribution in [0.15, 0.2) is 24.3 Å². The monoisotopic (exact) mass is 273 g/mol.